The zero-order valence-electron chi connectivity index (χ0n) is 18.6. The summed E-state index contributed by atoms with van der Waals surface area (Å²) in [5.74, 6) is -1.03. The van der Waals surface area contributed by atoms with Crippen LogP contribution in [0.3, 0.4) is 0 Å². The van der Waals surface area contributed by atoms with Crippen molar-refractivity contribution in [3.05, 3.63) is 119 Å². The number of para-hydroxylation sites is 2. The summed E-state index contributed by atoms with van der Waals surface area (Å²) in [6.07, 6.45) is 0. The molecule has 2 heterocycles. The lowest BCUT2D eigenvalue weighted by molar-refractivity contribution is 0.0640. The number of imide groups is 1. The molecule has 35 heavy (non-hydrogen) atoms. The number of nitrogens with one attached hydrogen (secondary N) is 1. The molecule has 0 fully saturated rings. The van der Waals surface area contributed by atoms with Gasteiger partial charge in [-0.05, 0) is 35.9 Å². The summed E-state index contributed by atoms with van der Waals surface area (Å²) in [5, 5.41) is 4.74. The van der Waals surface area contributed by atoms with Crippen molar-refractivity contribution in [1.82, 2.24) is 9.88 Å². The number of amides is 3. The summed E-state index contributed by atoms with van der Waals surface area (Å²) < 4.78 is 0. The molecule has 1 aliphatic heterocycles. The Labute approximate surface area is 200 Å². The highest BCUT2D eigenvalue weighted by Gasteiger charge is 2.35. The minimum Gasteiger partial charge on any atom is -0.321 e. The minimum absolute atomic E-state index is 0.00772. The Morgan fingerprint density at radius 1 is 0.686 bits per heavy atom. The number of anilines is 1. The topological polar surface area (TPSA) is 79.4 Å². The number of fused-ring (bicyclic) bond motifs is 3. The SMILES string of the molecule is O=C(Nc1c2ccccc2nc2ccccc12)c1ccccc1CN1C(=O)c2ccccc2C1=O. The molecule has 5 aromatic rings. The summed E-state index contributed by atoms with van der Waals surface area (Å²) in [4.78, 5) is 45.2. The second-order valence-corrected chi connectivity index (χ2v) is 8.37. The summed E-state index contributed by atoms with van der Waals surface area (Å²) >= 11 is 0. The van der Waals surface area contributed by atoms with E-state index in [1.54, 1.807) is 48.5 Å². The Hall–Kier alpha value is -4.84. The van der Waals surface area contributed by atoms with Crippen molar-refractivity contribution in [2.24, 2.45) is 0 Å². The third-order valence-corrected chi connectivity index (χ3v) is 6.29. The lowest BCUT2D eigenvalue weighted by Gasteiger charge is -2.17. The van der Waals surface area contributed by atoms with E-state index < -0.39 is 0 Å². The van der Waals surface area contributed by atoms with E-state index in [2.05, 4.69) is 5.32 Å². The Kier molecular flexibility index (Phi) is 4.85. The van der Waals surface area contributed by atoms with Crippen LogP contribution in [0.2, 0.25) is 0 Å². The number of hydrogen-bond donors (Lipinski definition) is 1. The fourth-order valence-electron chi connectivity index (χ4n) is 4.59. The predicted molar refractivity (Wildman–Crippen MR) is 134 cm³/mol. The second-order valence-electron chi connectivity index (χ2n) is 8.37. The van der Waals surface area contributed by atoms with Gasteiger partial charge in [-0.15, -0.1) is 0 Å². The molecule has 0 atom stereocenters. The quantitative estimate of drug-likeness (QED) is 0.288. The van der Waals surface area contributed by atoms with Crippen LogP contribution < -0.4 is 5.32 Å². The van der Waals surface area contributed by atoms with Gasteiger partial charge in [-0.3, -0.25) is 19.3 Å². The highest BCUT2D eigenvalue weighted by atomic mass is 16.2. The summed E-state index contributed by atoms with van der Waals surface area (Å²) in [6.45, 7) is 0.00772. The van der Waals surface area contributed by atoms with Crippen LogP contribution in [0.25, 0.3) is 21.8 Å². The smallest absolute Gasteiger partial charge is 0.261 e. The van der Waals surface area contributed by atoms with E-state index in [4.69, 9.17) is 4.98 Å². The first-order valence-electron chi connectivity index (χ1n) is 11.2. The third-order valence-electron chi connectivity index (χ3n) is 6.29. The third kappa shape index (κ3) is 3.43. The Balaban J connectivity index is 1.37. The van der Waals surface area contributed by atoms with Crippen molar-refractivity contribution in [2.45, 2.75) is 6.54 Å². The lowest BCUT2D eigenvalue weighted by Crippen LogP contribution is -2.30. The van der Waals surface area contributed by atoms with Gasteiger partial charge in [0.1, 0.15) is 0 Å². The zero-order valence-corrected chi connectivity index (χ0v) is 18.6. The van der Waals surface area contributed by atoms with E-state index in [0.29, 0.717) is 27.9 Å². The van der Waals surface area contributed by atoms with E-state index >= 15 is 0 Å². The molecule has 6 rings (SSSR count). The van der Waals surface area contributed by atoms with Crippen molar-refractivity contribution in [3.8, 4) is 0 Å². The van der Waals surface area contributed by atoms with Crippen LogP contribution in [0.4, 0.5) is 5.69 Å². The maximum Gasteiger partial charge on any atom is 0.261 e. The van der Waals surface area contributed by atoms with E-state index in [0.717, 1.165) is 21.8 Å². The van der Waals surface area contributed by atoms with Gasteiger partial charge in [0, 0.05) is 16.3 Å². The van der Waals surface area contributed by atoms with Crippen LogP contribution in [0, 0.1) is 0 Å². The Morgan fingerprint density at radius 3 is 1.83 bits per heavy atom. The van der Waals surface area contributed by atoms with Crippen LogP contribution in [0.5, 0.6) is 0 Å². The number of pyridine rings is 1. The second kappa shape index (κ2) is 8.18. The fourth-order valence-corrected chi connectivity index (χ4v) is 4.59. The first kappa shape index (κ1) is 20.7. The van der Waals surface area contributed by atoms with Crippen molar-refractivity contribution >= 4 is 45.2 Å². The molecule has 3 amide bonds. The van der Waals surface area contributed by atoms with Crippen molar-refractivity contribution in [2.75, 3.05) is 5.32 Å². The largest absolute Gasteiger partial charge is 0.321 e. The van der Waals surface area contributed by atoms with Gasteiger partial charge in [-0.2, -0.15) is 0 Å². The molecule has 0 bridgehead atoms. The zero-order chi connectivity index (χ0) is 23.9. The Bertz CT molecular complexity index is 1590. The molecule has 168 valence electrons. The number of hydrogen-bond acceptors (Lipinski definition) is 4. The molecule has 1 aromatic heterocycles. The van der Waals surface area contributed by atoms with Crippen LogP contribution in [-0.4, -0.2) is 27.6 Å². The van der Waals surface area contributed by atoms with Gasteiger partial charge in [-0.1, -0.05) is 66.7 Å². The number of carbonyl (C=O) groups is 3. The van der Waals surface area contributed by atoms with E-state index in [1.807, 2.05) is 48.5 Å². The number of nitrogens with zero attached hydrogens (tertiary/aromatic N) is 2. The molecule has 4 aromatic carbocycles. The lowest BCUT2D eigenvalue weighted by atomic mass is 10.0. The maximum atomic E-state index is 13.6. The minimum atomic E-state index is -0.355. The normalized spacial score (nSPS) is 12.9. The Morgan fingerprint density at radius 2 is 1.20 bits per heavy atom. The van der Waals surface area contributed by atoms with Crippen molar-refractivity contribution in [3.63, 3.8) is 0 Å². The molecule has 0 aliphatic carbocycles. The highest BCUT2D eigenvalue weighted by Crippen LogP contribution is 2.31. The average Bonchev–Trinajstić information content (AvgIpc) is 3.13. The van der Waals surface area contributed by atoms with Crippen LogP contribution >= 0.6 is 0 Å². The number of carbonyl (C=O) groups excluding carboxylic acids is 3. The number of aromatic nitrogens is 1. The summed E-state index contributed by atoms with van der Waals surface area (Å²) in [5.41, 5.74) is 3.98. The highest BCUT2D eigenvalue weighted by molar-refractivity contribution is 6.21. The van der Waals surface area contributed by atoms with Gasteiger partial charge in [-0.25, -0.2) is 4.98 Å². The van der Waals surface area contributed by atoms with Gasteiger partial charge in [0.05, 0.1) is 34.4 Å². The van der Waals surface area contributed by atoms with Crippen molar-refractivity contribution < 1.29 is 14.4 Å². The van der Waals surface area contributed by atoms with Crippen molar-refractivity contribution in [1.29, 1.82) is 0 Å². The van der Waals surface area contributed by atoms with Crippen LogP contribution in [0.1, 0.15) is 36.6 Å². The monoisotopic (exact) mass is 457 g/mol. The van der Waals surface area contributed by atoms with Gasteiger partial charge in [0.2, 0.25) is 0 Å². The number of benzene rings is 4. The standard InChI is InChI=1S/C29H19N3O3/c33-27(31-26-22-13-5-7-15-24(22)30-25-16-8-6-14-23(25)26)19-10-2-1-9-18(19)17-32-28(34)20-11-3-4-12-21(20)29(32)35/h1-16H,17H2,(H,30,31,33). The molecule has 0 saturated heterocycles. The predicted octanol–water partition coefficient (Wildman–Crippen LogP) is 5.44. The molecular weight excluding hydrogens is 438 g/mol. The molecule has 6 nitrogen and oxygen atoms in total. The van der Waals surface area contributed by atoms with Gasteiger partial charge in [0.25, 0.3) is 17.7 Å². The molecule has 0 spiro atoms. The van der Waals surface area contributed by atoms with E-state index in [9.17, 15) is 14.4 Å². The van der Waals surface area contributed by atoms with Gasteiger partial charge >= 0.3 is 0 Å². The molecule has 0 saturated carbocycles. The molecule has 1 aliphatic rings. The molecule has 1 N–H and O–H groups in total. The maximum absolute atomic E-state index is 13.6. The van der Waals surface area contributed by atoms with Crippen LogP contribution in [-0.2, 0) is 6.54 Å². The van der Waals surface area contributed by atoms with E-state index in [-0.39, 0.29) is 24.3 Å². The van der Waals surface area contributed by atoms with Gasteiger partial charge < -0.3 is 5.32 Å². The van der Waals surface area contributed by atoms with E-state index in [1.165, 1.54) is 4.90 Å². The van der Waals surface area contributed by atoms with Gasteiger partial charge in [0.15, 0.2) is 0 Å². The summed E-state index contributed by atoms with van der Waals surface area (Å²) in [7, 11) is 0. The molecule has 6 heteroatoms. The average molecular weight is 457 g/mol. The number of rotatable bonds is 4. The summed E-state index contributed by atoms with van der Waals surface area (Å²) in [6, 6.07) is 29.1. The first-order chi connectivity index (χ1) is 17.1. The molecule has 0 radical (unpaired) electrons. The molecule has 0 unspecified atom stereocenters. The fraction of sp³-hybridized carbons (Fsp3) is 0.0345. The first-order valence-corrected chi connectivity index (χ1v) is 11.2. The van der Waals surface area contributed by atoms with Crippen LogP contribution in [0.15, 0.2) is 97.1 Å². The molecular formula is C29H19N3O3.